The van der Waals surface area contributed by atoms with Crippen molar-refractivity contribution in [3.63, 3.8) is 0 Å². The first-order chi connectivity index (χ1) is 34.8. The van der Waals surface area contributed by atoms with Gasteiger partial charge in [0.1, 0.15) is 0 Å². The topological polar surface area (TPSA) is 14.8 Å². The Morgan fingerprint density at radius 3 is 1.27 bits per heavy atom. The first-order valence-corrected chi connectivity index (χ1v) is 24.3. The molecule has 0 fully saturated rings. The number of aromatic nitrogens is 3. The minimum absolute atomic E-state index is 0.422. The maximum absolute atomic E-state index is 2.57. The molecule has 0 radical (unpaired) electrons. The molecule has 16 rings (SSSR count). The zero-order chi connectivity index (χ0) is 45.7. The van der Waals surface area contributed by atoms with Crippen LogP contribution in [0.25, 0.3) is 116 Å². The Balaban J connectivity index is 1.07. The Kier molecular flexibility index (Phi) is 7.54. The fourth-order valence-electron chi connectivity index (χ4n) is 13.1. The second-order valence-corrected chi connectivity index (χ2v) is 19.2. The second kappa shape index (κ2) is 13.9. The third-order valence-corrected chi connectivity index (χ3v) is 15.8. The summed E-state index contributed by atoms with van der Waals surface area (Å²) in [5.41, 5.74) is 23.0. The molecule has 0 amide bonds. The van der Waals surface area contributed by atoms with Gasteiger partial charge in [-0.1, -0.05) is 188 Å². The number of rotatable bonds is 4. The Labute approximate surface area is 404 Å². The van der Waals surface area contributed by atoms with Crippen LogP contribution in [-0.4, -0.2) is 13.7 Å². The zero-order valence-electron chi connectivity index (χ0n) is 38.0. The van der Waals surface area contributed by atoms with E-state index in [1.807, 2.05) is 0 Å². The lowest BCUT2D eigenvalue weighted by molar-refractivity contribution is 0.793. The number of hydrogen-bond donors (Lipinski definition) is 0. The minimum atomic E-state index is -0.422. The van der Waals surface area contributed by atoms with Crippen LogP contribution in [0.1, 0.15) is 22.3 Å². The molecule has 14 aromatic rings. The quantitative estimate of drug-likeness (QED) is 0.167. The van der Waals surface area contributed by atoms with Gasteiger partial charge in [-0.25, -0.2) is 0 Å². The SMILES string of the molecule is c1ccc(-c2ccc3c(c2)c2cc(-n4c5ccccc5c5ccccc54)cc(-n4c5ccccc5c5ccccc54)c2n3-c2ccc3c(c2)-c2ccccc2C32c3ccccc3-c3ccccc32)cc1. The lowest BCUT2D eigenvalue weighted by Crippen LogP contribution is -2.25. The van der Waals surface area contributed by atoms with Crippen LogP contribution in [0.15, 0.2) is 249 Å². The van der Waals surface area contributed by atoms with Crippen LogP contribution in [0.4, 0.5) is 0 Å². The molecular formula is C67H41N3. The highest BCUT2D eigenvalue weighted by Gasteiger charge is 2.51. The summed E-state index contributed by atoms with van der Waals surface area (Å²) in [6.07, 6.45) is 0. The molecule has 0 aliphatic heterocycles. The van der Waals surface area contributed by atoms with E-state index in [0.717, 1.165) is 28.1 Å². The predicted octanol–water partition coefficient (Wildman–Crippen LogP) is 17.0. The number of fused-ring (bicyclic) bond motifs is 19. The van der Waals surface area contributed by atoms with Gasteiger partial charge in [0, 0.05) is 43.7 Å². The van der Waals surface area contributed by atoms with Crippen LogP contribution in [0.2, 0.25) is 0 Å². The van der Waals surface area contributed by atoms with E-state index in [1.165, 1.54) is 110 Å². The van der Waals surface area contributed by atoms with Gasteiger partial charge in [-0.3, -0.25) is 0 Å². The molecule has 0 atom stereocenters. The van der Waals surface area contributed by atoms with Crippen molar-refractivity contribution in [2.24, 2.45) is 0 Å². The van der Waals surface area contributed by atoms with E-state index >= 15 is 0 Å². The summed E-state index contributed by atoms with van der Waals surface area (Å²) >= 11 is 0. The van der Waals surface area contributed by atoms with Crippen molar-refractivity contribution >= 4 is 65.4 Å². The minimum Gasteiger partial charge on any atom is -0.309 e. The Morgan fingerprint density at radius 1 is 0.243 bits per heavy atom. The fourth-order valence-corrected chi connectivity index (χ4v) is 13.1. The van der Waals surface area contributed by atoms with E-state index in [0.29, 0.717) is 0 Å². The van der Waals surface area contributed by atoms with Gasteiger partial charge in [0.05, 0.1) is 44.2 Å². The summed E-state index contributed by atoms with van der Waals surface area (Å²) in [6, 6.07) is 93.0. The monoisotopic (exact) mass is 887 g/mol. The highest BCUT2D eigenvalue weighted by molar-refractivity contribution is 6.17. The van der Waals surface area contributed by atoms with E-state index in [2.05, 4.69) is 262 Å². The first kappa shape index (κ1) is 37.9. The highest BCUT2D eigenvalue weighted by atomic mass is 15.1. The molecule has 0 N–H and O–H groups in total. The van der Waals surface area contributed by atoms with E-state index < -0.39 is 5.41 Å². The summed E-state index contributed by atoms with van der Waals surface area (Å²) in [6.45, 7) is 0. The van der Waals surface area contributed by atoms with E-state index in [1.54, 1.807) is 0 Å². The maximum atomic E-state index is 2.57. The van der Waals surface area contributed by atoms with Gasteiger partial charge in [0.25, 0.3) is 0 Å². The highest BCUT2D eigenvalue weighted by Crippen LogP contribution is 2.63. The average Bonchev–Trinajstić information content (AvgIpc) is 4.21. The summed E-state index contributed by atoms with van der Waals surface area (Å²) in [5.74, 6) is 0. The van der Waals surface area contributed by atoms with Crippen LogP contribution in [-0.2, 0) is 5.41 Å². The van der Waals surface area contributed by atoms with Gasteiger partial charge >= 0.3 is 0 Å². The Morgan fingerprint density at radius 2 is 0.700 bits per heavy atom. The molecule has 3 nitrogen and oxygen atoms in total. The van der Waals surface area contributed by atoms with Gasteiger partial charge in [-0.05, 0) is 116 Å². The van der Waals surface area contributed by atoms with Crippen LogP contribution < -0.4 is 0 Å². The molecule has 0 unspecified atom stereocenters. The molecule has 70 heavy (non-hydrogen) atoms. The van der Waals surface area contributed by atoms with Gasteiger partial charge in [0.2, 0.25) is 0 Å². The summed E-state index contributed by atoms with van der Waals surface area (Å²) in [5, 5.41) is 7.36. The van der Waals surface area contributed by atoms with E-state index in [-0.39, 0.29) is 0 Å². The van der Waals surface area contributed by atoms with Crippen LogP contribution in [0.5, 0.6) is 0 Å². The second-order valence-electron chi connectivity index (χ2n) is 19.2. The average molecular weight is 888 g/mol. The lowest BCUT2D eigenvalue weighted by Gasteiger charge is -2.30. The number of hydrogen-bond acceptors (Lipinski definition) is 0. The van der Waals surface area contributed by atoms with E-state index in [9.17, 15) is 0 Å². The predicted molar refractivity (Wildman–Crippen MR) is 291 cm³/mol. The third kappa shape index (κ3) is 4.83. The van der Waals surface area contributed by atoms with Gasteiger partial charge in [0.15, 0.2) is 0 Å². The smallest absolute Gasteiger partial charge is 0.0784 e. The van der Waals surface area contributed by atoms with Gasteiger partial charge < -0.3 is 13.7 Å². The first-order valence-electron chi connectivity index (χ1n) is 24.3. The normalized spacial score (nSPS) is 13.3. The molecule has 2 aliphatic carbocycles. The molecule has 2 aliphatic rings. The van der Waals surface area contributed by atoms with Gasteiger partial charge in [-0.2, -0.15) is 0 Å². The van der Waals surface area contributed by atoms with Crippen LogP contribution >= 0.6 is 0 Å². The lowest BCUT2D eigenvalue weighted by atomic mass is 9.70. The zero-order valence-corrected chi connectivity index (χ0v) is 38.0. The van der Waals surface area contributed by atoms with Crippen LogP contribution in [0, 0.1) is 0 Å². The van der Waals surface area contributed by atoms with Crippen LogP contribution in [0.3, 0.4) is 0 Å². The van der Waals surface area contributed by atoms with E-state index in [4.69, 9.17) is 0 Å². The Bertz CT molecular complexity index is 4390. The van der Waals surface area contributed by atoms with Crippen molar-refractivity contribution in [3.8, 4) is 50.4 Å². The number of benzene rings is 11. The molecule has 3 heteroatoms. The molecule has 1 spiro atoms. The molecule has 0 bridgehead atoms. The summed E-state index contributed by atoms with van der Waals surface area (Å²) < 4.78 is 7.58. The number of para-hydroxylation sites is 4. The fraction of sp³-hybridized carbons (Fsp3) is 0.0149. The third-order valence-electron chi connectivity index (χ3n) is 15.8. The molecule has 324 valence electrons. The molecule has 3 aromatic heterocycles. The maximum Gasteiger partial charge on any atom is 0.0784 e. The summed E-state index contributed by atoms with van der Waals surface area (Å²) in [4.78, 5) is 0. The van der Waals surface area contributed by atoms with Crippen molar-refractivity contribution in [2.75, 3.05) is 0 Å². The van der Waals surface area contributed by atoms with Crippen molar-refractivity contribution in [3.05, 3.63) is 271 Å². The van der Waals surface area contributed by atoms with Gasteiger partial charge in [-0.15, -0.1) is 0 Å². The van der Waals surface area contributed by atoms with Crippen molar-refractivity contribution < 1.29 is 0 Å². The largest absolute Gasteiger partial charge is 0.309 e. The Hall–Kier alpha value is -9.18. The van der Waals surface area contributed by atoms with Crippen molar-refractivity contribution in [2.45, 2.75) is 5.41 Å². The molecular weight excluding hydrogens is 847 g/mol. The molecule has 11 aromatic carbocycles. The summed E-state index contributed by atoms with van der Waals surface area (Å²) in [7, 11) is 0. The van der Waals surface area contributed by atoms with Crippen molar-refractivity contribution in [1.29, 1.82) is 0 Å². The van der Waals surface area contributed by atoms with Crippen molar-refractivity contribution in [1.82, 2.24) is 13.7 Å². The number of nitrogens with zero attached hydrogens (tertiary/aromatic N) is 3. The molecule has 3 heterocycles. The molecule has 0 saturated carbocycles. The standard InChI is InChI=1S/C67H41N3/c1-2-18-42(19-3-1)43-34-37-64-54(38-43)55-40-45(68-60-30-14-7-23-49(60)50-24-8-15-31-61(50)68)41-65(70-62-32-16-9-25-51(62)52-26-10-17-33-63(52)70)66(55)69(64)44-35-36-59-53(39-44)48-22-6-13-29-58(48)67(59)56-27-11-4-20-46(56)47-21-5-12-28-57(47)67/h1-41H. The molecule has 0 saturated heterocycles.